The predicted molar refractivity (Wildman–Crippen MR) is 97.5 cm³/mol. The van der Waals surface area contributed by atoms with Crippen LogP contribution in [0.25, 0.3) is 0 Å². The van der Waals surface area contributed by atoms with Crippen LogP contribution in [0.1, 0.15) is 13.3 Å². The molecule has 0 aromatic carbocycles. The minimum atomic E-state index is -3.10. The van der Waals surface area contributed by atoms with Crippen molar-refractivity contribution in [1.29, 1.82) is 0 Å². The molecule has 0 spiro atoms. The summed E-state index contributed by atoms with van der Waals surface area (Å²) in [5.41, 5.74) is 0. The summed E-state index contributed by atoms with van der Waals surface area (Å²) in [6.07, 6.45) is 2.13. The molecule has 1 aromatic rings. The summed E-state index contributed by atoms with van der Waals surface area (Å²) in [6, 6.07) is 5.29. The first-order chi connectivity index (χ1) is 12.4. The van der Waals surface area contributed by atoms with E-state index in [-0.39, 0.29) is 11.5 Å². The number of sulfone groups is 1. The lowest BCUT2D eigenvalue weighted by atomic mass is 10.2. The Hall–Kier alpha value is -2.16. The molecule has 3 heterocycles. The highest BCUT2D eigenvalue weighted by Crippen LogP contribution is 2.19. The van der Waals surface area contributed by atoms with Gasteiger partial charge >= 0.3 is 11.8 Å². The van der Waals surface area contributed by atoms with Gasteiger partial charge < -0.3 is 14.7 Å². The Balaban J connectivity index is 1.59. The van der Waals surface area contributed by atoms with Crippen LogP contribution in [0.3, 0.4) is 0 Å². The number of carbonyl (C=O) groups excluding carboxylic acids is 2. The molecule has 1 aromatic heterocycles. The monoisotopic (exact) mass is 380 g/mol. The highest BCUT2D eigenvalue weighted by molar-refractivity contribution is 7.91. The molecule has 0 radical (unpaired) electrons. The van der Waals surface area contributed by atoms with E-state index in [1.54, 1.807) is 18.0 Å². The number of anilines is 1. The number of rotatable bonds is 3. The highest BCUT2D eigenvalue weighted by Gasteiger charge is 2.37. The lowest BCUT2D eigenvalue weighted by Gasteiger charge is -2.36. The van der Waals surface area contributed by atoms with Crippen LogP contribution in [0.2, 0.25) is 0 Å². The Morgan fingerprint density at radius 3 is 2.50 bits per heavy atom. The van der Waals surface area contributed by atoms with E-state index in [0.717, 1.165) is 5.82 Å². The van der Waals surface area contributed by atoms with E-state index >= 15 is 0 Å². The standard InChI is InChI=1S/C17H24N4O4S/c1-2-21(14-6-12-26(24,25)13-14)17(23)16(22)20-10-8-19(9-11-20)15-5-3-4-7-18-15/h3-5,7,14H,2,6,8-13H2,1H3. The van der Waals surface area contributed by atoms with E-state index in [0.29, 0.717) is 39.1 Å². The lowest BCUT2D eigenvalue weighted by molar-refractivity contribution is -0.153. The molecule has 0 saturated carbocycles. The number of aromatic nitrogens is 1. The second kappa shape index (κ2) is 7.61. The van der Waals surface area contributed by atoms with Gasteiger partial charge in [-0.1, -0.05) is 6.07 Å². The third-order valence-corrected chi connectivity index (χ3v) is 6.72. The summed E-state index contributed by atoms with van der Waals surface area (Å²) in [5, 5.41) is 0. The second-order valence-corrected chi connectivity index (χ2v) is 8.84. The number of hydrogen-bond donors (Lipinski definition) is 0. The van der Waals surface area contributed by atoms with Gasteiger partial charge in [-0.15, -0.1) is 0 Å². The van der Waals surface area contributed by atoms with E-state index in [9.17, 15) is 18.0 Å². The van der Waals surface area contributed by atoms with Gasteiger partial charge in [-0.25, -0.2) is 13.4 Å². The molecule has 2 amide bonds. The summed E-state index contributed by atoms with van der Waals surface area (Å²) < 4.78 is 23.4. The van der Waals surface area contributed by atoms with Crippen LogP contribution >= 0.6 is 0 Å². The van der Waals surface area contributed by atoms with Crippen LogP contribution in [0.15, 0.2) is 24.4 Å². The van der Waals surface area contributed by atoms with Gasteiger partial charge in [-0.05, 0) is 25.5 Å². The Morgan fingerprint density at radius 1 is 1.23 bits per heavy atom. The molecular weight excluding hydrogens is 356 g/mol. The van der Waals surface area contributed by atoms with Crippen molar-refractivity contribution in [3.8, 4) is 0 Å². The van der Waals surface area contributed by atoms with Gasteiger partial charge in [0.05, 0.1) is 11.5 Å². The maximum absolute atomic E-state index is 12.6. The van der Waals surface area contributed by atoms with Crippen molar-refractivity contribution in [3.05, 3.63) is 24.4 Å². The second-order valence-electron chi connectivity index (χ2n) is 6.62. The van der Waals surface area contributed by atoms with E-state index < -0.39 is 27.7 Å². The fraction of sp³-hybridized carbons (Fsp3) is 0.588. The molecule has 2 aliphatic heterocycles. The fourth-order valence-corrected chi connectivity index (χ4v) is 5.26. The summed E-state index contributed by atoms with van der Waals surface area (Å²) in [7, 11) is -3.10. The Morgan fingerprint density at radius 2 is 1.96 bits per heavy atom. The maximum Gasteiger partial charge on any atom is 0.312 e. The summed E-state index contributed by atoms with van der Waals surface area (Å²) in [4.78, 5) is 34.6. The summed E-state index contributed by atoms with van der Waals surface area (Å²) >= 11 is 0. The molecule has 8 nitrogen and oxygen atoms in total. The fourth-order valence-electron chi connectivity index (χ4n) is 3.53. The number of amides is 2. The SMILES string of the molecule is CCN(C(=O)C(=O)N1CCN(c2ccccn2)CC1)C1CCS(=O)(=O)C1. The van der Waals surface area contributed by atoms with Crippen LogP contribution in [0.5, 0.6) is 0 Å². The van der Waals surface area contributed by atoms with Gasteiger partial charge in [0.15, 0.2) is 9.84 Å². The maximum atomic E-state index is 12.6. The normalized spacial score (nSPS) is 22.3. The van der Waals surface area contributed by atoms with E-state index in [1.807, 2.05) is 18.2 Å². The van der Waals surface area contributed by atoms with E-state index in [4.69, 9.17) is 0 Å². The quantitative estimate of drug-likeness (QED) is 0.673. The van der Waals surface area contributed by atoms with Crippen molar-refractivity contribution in [2.45, 2.75) is 19.4 Å². The highest BCUT2D eigenvalue weighted by atomic mass is 32.2. The molecule has 1 unspecified atom stereocenters. The molecule has 26 heavy (non-hydrogen) atoms. The zero-order valence-corrected chi connectivity index (χ0v) is 15.7. The molecule has 0 aliphatic carbocycles. The molecule has 0 N–H and O–H groups in total. The van der Waals surface area contributed by atoms with Crippen molar-refractivity contribution >= 4 is 27.5 Å². The third-order valence-electron chi connectivity index (χ3n) is 4.97. The van der Waals surface area contributed by atoms with Gasteiger partial charge in [0.1, 0.15) is 5.82 Å². The Bertz CT molecular complexity index is 760. The number of nitrogens with zero attached hydrogens (tertiary/aromatic N) is 4. The van der Waals surface area contributed by atoms with Gasteiger partial charge in [0.2, 0.25) is 0 Å². The van der Waals surface area contributed by atoms with Gasteiger partial charge in [-0.2, -0.15) is 0 Å². The van der Waals surface area contributed by atoms with Crippen LogP contribution in [-0.2, 0) is 19.4 Å². The number of likely N-dealkylation sites (N-methyl/N-ethyl adjacent to an activating group) is 1. The van der Waals surface area contributed by atoms with Gasteiger partial charge in [0, 0.05) is 45.0 Å². The van der Waals surface area contributed by atoms with Crippen LogP contribution in [0.4, 0.5) is 5.82 Å². The first-order valence-corrected chi connectivity index (χ1v) is 10.7. The average Bonchev–Trinajstić information content (AvgIpc) is 3.02. The van der Waals surface area contributed by atoms with E-state index in [2.05, 4.69) is 9.88 Å². The average molecular weight is 380 g/mol. The largest absolute Gasteiger partial charge is 0.353 e. The van der Waals surface area contributed by atoms with Crippen molar-refractivity contribution in [2.24, 2.45) is 0 Å². The van der Waals surface area contributed by atoms with Crippen LogP contribution < -0.4 is 4.90 Å². The van der Waals surface area contributed by atoms with Crippen molar-refractivity contribution < 1.29 is 18.0 Å². The molecule has 1 atom stereocenters. The molecule has 2 fully saturated rings. The van der Waals surface area contributed by atoms with E-state index in [1.165, 1.54) is 4.90 Å². The molecule has 9 heteroatoms. The summed E-state index contributed by atoms with van der Waals surface area (Å²) in [6.45, 7) is 4.22. The zero-order valence-electron chi connectivity index (χ0n) is 14.9. The predicted octanol–water partition coefficient (Wildman–Crippen LogP) is -0.234. The van der Waals surface area contributed by atoms with Crippen LogP contribution in [0, 0.1) is 0 Å². The number of piperazine rings is 1. The van der Waals surface area contributed by atoms with Gasteiger partial charge in [-0.3, -0.25) is 9.59 Å². The van der Waals surface area contributed by atoms with Crippen LogP contribution in [-0.4, -0.2) is 85.3 Å². The minimum Gasteiger partial charge on any atom is -0.353 e. The first kappa shape index (κ1) is 18.6. The molecule has 3 rings (SSSR count). The first-order valence-electron chi connectivity index (χ1n) is 8.87. The number of pyridine rings is 1. The molecule has 0 bridgehead atoms. The van der Waals surface area contributed by atoms with Crippen molar-refractivity contribution in [3.63, 3.8) is 0 Å². The topological polar surface area (TPSA) is 90.9 Å². The zero-order chi connectivity index (χ0) is 18.7. The van der Waals surface area contributed by atoms with Crippen molar-refractivity contribution in [1.82, 2.24) is 14.8 Å². The molecule has 2 saturated heterocycles. The Labute approximate surface area is 153 Å². The summed E-state index contributed by atoms with van der Waals surface area (Å²) in [5.74, 6) is -0.249. The number of carbonyl (C=O) groups is 2. The van der Waals surface area contributed by atoms with Gasteiger partial charge in [0.25, 0.3) is 0 Å². The third kappa shape index (κ3) is 3.98. The molecule has 2 aliphatic rings. The Kier molecular flexibility index (Phi) is 5.45. The number of hydrogen-bond acceptors (Lipinski definition) is 6. The molecular formula is C17H24N4O4S. The molecule has 142 valence electrons. The minimum absolute atomic E-state index is 0.0483. The van der Waals surface area contributed by atoms with Crippen molar-refractivity contribution in [2.75, 3.05) is 49.1 Å². The lowest BCUT2D eigenvalue weighted by Crippen LogP contribution is -2.55. The smallest absolute Gasteiger partial charge is 0.312 e.